The molecule has 3 atom stereocenters. The van der Waals surface area contributed by atoms with Gasteiger partial charge in [0.2, 0.25) is 5.91 Å². The quantitative estimate of drug-likeness (QED) is 0.695. The lowest BCUT2D eigenvalue weighted by Gasteiger charge is -2.42. The van der Waals surface area contributed by atoms with E-state index in [2.05, 4.69) is 10.6 Å². The molecule has 9 heteroatoms. The molecule has 1 aliphatic carbocycles. The molecule has 3 fully saturated rings. The highest BCUT2D eigenvalue weighted by atomic mass is 35.5. The molecule has 0 spiro atoms. The van der Waals surface area contributed by atoms with Gasteiger partial charge in [0, 0.05) is 42.3 Å². The van der Waals surface area contributed by atoms with Gasteiger partial charge in [0.25, 0.3) is 5.91 Å². The number of piperazine rings is 1. The van der Waals surface area contributed by atoms with Gasteiger partial charge in [-0.3, -0.25) is 14.9 Å². The smallest absolute Gasteiger partial charge is 0.322 e. The van der Waals surface area contributed by atoms with Crippen LogP contribution in [0.1, 0.15) is 33.1 Å². The minimum Gasteiger partial charge on any atom is -0.365 e. The molecule has 1 aromatic carbocycles. The summed E-state index contributed by atoms with van der Waals surface area (Å²) in [5, 5.41) is 5.46. The number of hydrogen-bond acceptors (Lipinski definition) is 4. The molecule has 2 aliphatic heterocycles. The van der Waals surface area contributed by atoms with Crippen LogP contribution < -0.4 is 15.5 Å². The molecule has 2 heterocycles. The second-order valence-corrected chi connectivity index (χ2v) is 9.15. The van der Waals surface area contributed by atoms with E-state index in [4.69, 9.17) is 11.6 Å². The summed E-state index contributed by atoms with van der Waals surface area (Å²) in [6, 6.07) is 3.94. The monoisotopic (exact) mass is 436 g/mol. The van der Waals surface area contributed by atoms with E-state index in [0.717, 1.165) is 12.8 Å². The molecule has 7 nitrogen and oxygen atoms in total. The van der Waals surface area contributed by atoms with Crippen molar-refractivity contribution in [2.24, 2.45) is 11.8 Å². The number of nitrogens with one attached hydrogen (secondary N) is 2. The van der Waals surface area contributed by atoms with E-state index in [9.17, 15) is 18.8 Å². The first kappa shape index (κ1) is 20.9. The van der Waals surface area contributed by atoms with Crippen molar-refractivity contribution >= 4 is 35.1 Å². The van der Waals surface area contributed by atoms with E-state index < -0.39 is 17.5 Å². The summed E-state index contributed by atoms with van der Waals surface area (Å²) in [4.78, 5) is 41.2. The molecule has 3 aliphatic rings. The average Bonchev–Trinajstić information content (AvgIpc) is 3.47. The molecular weight excluding hydrogens is 411 g/mol. The molecule has 0 bridgehead atoms. The zero-order valence-corrected chi connectivity index (χ0v) is 17.8. The average molecular weight is 437 g/mol. The van der Waals surface area contributed by atoms with Crippen molar-refractivity contribution in [3.63, 3.8) is 0 Å². The number of benzene rings is 1. The lowest BCUT2D eigenvalue weighted by molar-refractivity contribution is -0.137. The van der Waals surface area contributed by atoms with Crippen LogP contribution in [-0.2, 0) is 9.59 Å². The third kappa shape index (κ3) is 3.85. The van der Waals surface area contributed by atoms with Crippen molar-refractivity contribution in [3.8, 4) is 0 Å². The normalized spacial score (nSPS) is 27.7. The van der Waals surface area contributed by atoms with Crippen LogP contribution in [0.15, 0.2) is 18.2 Å². The maximum atomic E-state index is 13.7. The number of hydrogen-bond donors (Lipinski definition) is 2. The first-order chi connectivity index (χ1) is 14.2. The topological polar surface area (TPSA) is 81.8 Å². The fraction of sp³-hybridized carbons (Fsp3) is 0.571. The fourth-order valence-corrected chi connectivity index (χ4v) is 5.02. The van der Waals surface area contributed by atoms with Gasteiger partial charge < -0.3 is 15.1 Å². The van der Waals surface area contributed by atoms with Crippen molar-refractivity contribution in [2.75, 3.05) is 24.5 Å². The first-order valence-electron chi connectivity index (χ1n) is 10.3. The van der Waals surface area contributed by atoms with Gasteiger partial charge in [0.05, 0.1) is 0 Å². The van der Waals surface area contributed by atoms with E-state index >= 15 is 0 Å². The van der Waals surface area contributed by atoms with E-state index in [1.165, 1.54) is 12.1 Å². The van der Waals surface area contributed by atoms with Gasteiger partial charge in [-0.05, 0) is 50.3 Å². The van der Waals surface area contributed by atoms with Gasteiger partial charge in [-0.2, -0.15) is 0 Å². The molecule has 1 aromatic rings. The SMILES string of the molecule is CC(CC1(C2CC2)NC(=O)NC1=O)C(=O)N1CCN(c2cc(F)cc(Cl)c2)[C@@H](C)C1. The first-order valence-corrected chi connectivity index (χ1v) is 10.7. The summed E-state index contributed by atoms with van der Waals surface area (Å²) in [5.74, 6) is -1.06. The van der Waals surface area contributed by atoms with Gasteiger partial charge in [-0.1, -0.05) is 18.5 Å². The Morgan fingerprint density at radius 2 is 2.03 bits per heavy atom. The highest BCUT2D eigenvalue weighted by Gasteiger charge is 2.56. The standard InChI is InChI=1S/C21H26ClFN4O3/c1-12(10-21(14-3-4-14)19(29)24-20(30)25-21)18(28)26-5-6-27(13(2)11-26)17-8-15(22)7-16(23)9-17/h7-9,12-14H,3-6,10-11H2,1-2H3,(H2,24,25,29,30)/t12?,13-,21?/m0/s1. The van der Waals surface area contributed by atoms with Crippen molar-refractivity contribution in [3.05, 3.63) is 29.0 Å². The molecule has 162 valence electrons. The molecule has 0 radical (unpaired) electrons. The summed E-state index contributed by atoms with van der Waals surface area (Å²) in [6.07, 6.45) is 2.04. The van der Waals surface area contributed by atoms with Gasteiger partial charge in [-0.15, -0.1) is 0 Å². The number of halogens is 2. The van der Waals surface area contributed by atoms with Gasteiger partial charge in [0.1, 0.15) is 11.4 Å². The number of anilines is 1. The maximum absolute atomic E-state index is 13.7. The van der Waals surface area contributed by atoms with Crippen LogP contribution in [-0.4, -0.2) is 54.0 Å². The molecule has 1 saturated carbocycles. The predicted molar refractivity (Wildman–Crippen MR) is 111 cm³/mol. The van der Waals surface area contributed by atoms with Crippen molar-refractivity contribution in [1.82, 2.24) is 15.5 Å². The van der Waals surface area contributed by atoms with Crippen LogP contribution in [0.4, 0.5) is 14.9 Å². The van der Waals surface area contributed by atoms with Crippen LogP contribution in [0.25, 0.3) is 0 Å². The Labute approximate surface area is 179 Å². The molecule has 4 rings (SSSR count). The van der Waals surface area contributed by atoms with Gasteiger partial charge >= 0.3 is 6.03 Å². The maximum Gasteiger partial charge on any atom is 0.322 e. The summed E-state index contributed by atoms with van der Waals surface area (Å²) in [5.41, 5.74) is -0.275. The third-order valence-electron chi connectivity index (χ3n) is 6.41. The largest absolute Gasteiger partial charge is 0.365 e. The Balaban J connectivity index is 1.42. The predicted octanol–water partition coefficient (Wildman–Crippen LogP) is 2.53. The summed E-state index contributed by atoms with van der Waals surface area (Å²) >= 11 is 5.99. The van der Waals surface area contributed by atoms with E-state index in [0.29, 0.717) is 36.8 Å². The van der Waals surface area contributed by atoms with Crippen molar-refractivity contribution in [1.29, 1.82) is 0 Å². The molecule has 0 aromatic heterocycles. The molecular formula is C21H26ClFN4O3. The van der Waals surface area contributed by atoms with Crippen molar-refractivity contribution < 1.29 is 18.8 Å². The molecule has 4 amide bonds. The second-order valence-electron chi connectivity index (χ2n) is 8.71. The lowest BCUT2D eigenvalue weighted by atomic mass is 9.83. The Morgan fingerprint density at radius 3 is 2.60 bits per heavy atom. The number of nitrogens with zero attached hydrogens (tertiary/aromatic N) is 2. The number of imide groups is 1. The second kappa shape index (κ2) is 7.72. The summed E-state index contributed by atoms with van der Waals surface area (Å²) in [6.45, 7) is 5.35. The Morgan fingerprint density at radius 1 is 1.30 bits per heavy atom. The lowest BCUT2D eigenvalue weighted by Crippen LogP contribution is -2.56. The Hall–Kier alpha value is -2.35. The van der Waals surface area contributed by atoms with E-state index in [-0.39, 0.29) is 29.6 Å². The number of rotatable bonds is 5. The number of amides is 4. The van der Waals surface area contributed by atoms with Crippen LogP contribution in [0.2, 0.25) is 5.02 Å². The molecule has 2 N–H and O–H groups in total. The Kier molecular flexibility index (Phi) is 5.38. The number of urea groups is 1. The minimum atomic E-state index is -0.974. The number of carbonyl (C=O) groups excluding carboxylic acids is 3. The highest BCUT2D eigenvalue weighted by molar-refractivity contribution is 6.30. The van der Waals surface area contributed by atoms with Gasteiger partial charge in [0.15, 0.2) is 0 Å². The molecule has 2 unspecified atom stereocenters. The fourth-order valence-electron chi connectivity index (χ4n) is 4.81. The zero-order valence-electron chi connectivity index (χ0n) is 17.1. The van der Waals surface area contributed by atoms with Crippen LogP contribution >= 0.6 is 11.6 Å². The summed E-state index contributed by atoms with van der Waals surface area (Å²) in [7, 11) is 0. The van der Waals surface area contributed by atoms with E-state index in [1.807, 2.05) is 18.7 Å². The van der Waals surface area contributed by atoms with Crippen LogP contribution in [0.3, 0.4) is 0 Å². The number of carbonyl (C=O) groups is 3. The van der Waals surface area contributed by atoms with Gasteiger partial charge in [-0.25, -0.2) is 9.18 Å². The van der Waals surface area contributed by atoms with E-state index in [1.54, 1.807) is 11.0 Å². The zero-order chi connectivity index (χ0) is 21.6. The van der Waals surface area contributed by atoms with Crippen LogP contribution in [0.5, 0.6) is 0 Å². The molecule has 30 heavy (non-hydrogen) atoms. The summed E-state index contributed by atoms with van der Waals surface area (Å²) < 4.78 is 13.7. The highest BCUT2D eigenvalue weighted by Crippen LogP contribution is 2.44. The minimum absolute atomic E-state index is 0.0142. The van der Waals surface area contributed by atoms with Crippen LogP contribution in [0, 0.1) is 17.7 Å². The third-order valence-corrected chi connectivity index (χ3v) is 6.63. The van der Waals surface area contributed by atoms with Crippen molar-refractivity contribution in [2.45, 2.75) is 44.7 Å². The Bertz CT molecular complexity index is 873. The molecule has 2 saturated heterocycles.